The molecule has 0 spiro atoms. The largest absolute Gasteiger partial charge is 0.416 e. The molecule has 156 valence electrons. The van der Waals surface area contributed by atoms with Gasteiger partial charge in [-0.05, 0) is 49.2 Å². The van der Waals surface area contributed by atoms with E-state index in [0.29, 0.717) is 19.2 Å². The quantitative estimate of drug-likeness (QED) is 0.685. The summed E-state index contributed by atoms with van der Waals surface area (Å²) in [5.41, 5.74) is -1.45. The van der Waals surface area contributed by atoms with Crippen molar-refractivity contribution in [1.82, 2.24) is 4.31 Å². The molecule has 5 nitrogen and oxygen atoms in total. The van der Waals surface area contributed by atoms with Crippen LogP contribution in [0.15, 0.2) is 41.3 Å². The fourth-order valence-corrected chi connectivity index (χ4v) is 4.82. The van der Waals surface area contributed by atoms with Crippen molar-refractivity contribution in [3.05, 3.63) is 57.6 Å². The van der Waals surface area contributed by atoms with Gasteiger partial charge in [0.1, 0.15) is 0 Å². The summed E-state index contributed by atoms with van der Waals surface area (Å²) in [4.78, 5) is 12.5. The Labute approximate surface area is 175 Å². The van der Waals surface area contributed by atoms with Crippen LogP contribution in [0, 0.1) is 0 Å². The molecule has 1 N–H and O–H groups in total. The van der Waals surface area contributed by atoms with E-state index in [1.165, 1.54) is 16.4 Å². The van der Waals surface area contributed by atoms with E-state index in [0.717, 1.165) is 31.0 Å². The van der Waals surface area contributed by atoms with Crippen molar-refractivity contribution in [3.63, 3.8) is 0 Å². The molecule has 0 saturated carbocycles. The van der Waals surface area contributed by atoms with Gasteiger partial charge < -0.3 is 5.32 Å². The average molecular weight is 467 g/mol. The number of hydrogen-bond acceptors (Lipinski definition) is 3. The Morgan fingerprint density at radius 3 is 2.24 bits per heavy atom. The van der Waals surface area contributed by atoms with E-state index in [4.69, 9.17) is 23.2 Å². The molecule has 0 bridgehead atoms. The van der Waals surface area contributed by atoms with Crippen LogP contribution in [0.5, 0.6) is 0 Å². The van der Waals surface area contributed by atoms with E-state index in [1.54, 1.807) is 0 Å². The second kappa shape index (κ2) is 8.14. The molecule has 0 unspecified atom stereocenters. The highest BCUT2D eigenvalue weighted by atomic mass is 35.5. The van der Waals surface area contributed by atoms with Crippen LogP contribution in [0.25, 0.3) is 0 Å². The number of sulfonamides is 1. The molecule has 1 heterocycles. The molecular weight excluding hydrogens is 452 g/mol. The third kappa shape index (κ3) is 4.69. The Kier molecular flexibility index (Phi) is 6.14. The molecule has 1 aliphatic rings. The number of anilines is 1. The van der Waals surface area contributed by atoms with Crippen molar-refractivity contribution in [2.24, 2.45) is 0 Å². The van der Waals surface area contributed by atoms with E-state index in [1.807, 2.05) is 0 Å². The molecule has 2 aromatic carbocycles. The lowest BCUT2D eigenvalue weighted by Crippen LogP contribution is -2.28. The lowest BCUT2D eigenvalue weighted by atomic mass is 10.1. The minimum absolute atomic E-state index is 0.0500. The first kappa shape index (κ1) is 21.9. The Balaban J connectivity index is 1.92. The van der Waals surface area contributed by atoms with Crippen LogP contribution in [0.4, 0.5) is 18.9 Å². The first-order chi connectivity index (χ1) is 13.5. The molecule has 0 atom stereocenters. The number of nitrogens with one attached hydrogen (secondary N) is 1. The average Bonchev–Trinajstić information content (AvgIpc) is 3.18. The van der Waals surface area contributed by atoms with Crippen molar-refractivity contribution in [3.8, 4) is 0 Å². The summed E-state index contributed by atoms with van der Waals surface area (Å²) >= 11 is 11.9. The molecule has 2 aromatic rings. The molecule has 0 radical (unpaired) electrons. The number of carbonyl (C=O) groups is 1. The van der Waals surface area contributed by atoms with Crippen LogP contribution >= 0.6 is 23.2 Å². The van der Waals surface area contributed by atoms with Crippen LogP contribution in [-0.4, -0.2) is 31.7 Å². The molecule has 0 aliphatic carbocycles. The van der Waals surface area contributed by atoms with E-state index >= 15 is 0 Å². The van der Waals surface area contributed by atoms with Gasteiger partial charge in [-0.2, -0.15) is 17.5 Å². The fraction of sp³-hybridized carbons (Fsp3) is 0.278. The zero-order valence-corrected chi connectivity index (χ0v) is 17.1. The number of alkyl halides is 3. The van der Waals surface area contributed by atoms with Crippen molar-refractivity contribution < 1.29 is 26.4 Å². The number of nitrogens with zero attached hydrogens (tertiary/aromatic N) is 1. The van der Waals surface area contributed by atoms with Crippen LogP contribution in [-0.2, 0) is 16.2 Å². The third-order valence-corrected chi connectivity index (χ3v) is 6.98. The third-order valence-electron chi connectivity index (χ3n) is 4.43. The summed E-state index contributed by atoms with van der Waals surface area (Å²) in [7, 11) is -3.80. The van der Waals surface area contributed by atoms with E-state index in [-0.39, 0.29) is 26.2 Å². The molecule has 1 fully saturated rings. The number of hydrogen-bond donors (Lipinski definition) is 1. The predicted molar refractivity (Wildman–Crippen MR) is 104 cm³/mol. The number of halogens is 5. The van der Waals surface area contributed by atoms with Gasteiger partial charge in [0.05, 0.1) is 31.8 Å². The minimum atomic E-state index is -4.62. The highest BCUT2D eigenvalue weighted by molar-refractivity contribution is 7.89. The lowest BCUT2D eigenvalue weighted by Gasteiger charge is -2.17. The van der Waals surface area contributed by atoms with Gasteiger partial charge in [-0.1, -0.05) is 23.2 Å². The van der Waals surface area contributed by atoms with Gasteiger partial charge in [0.2, 0.25) is 10.0 Å². The maximum Gasteiger partial charge on any atom is 0.416 e. The summed E-state index contributed by atoms with van der Waals surface area (Å²) in [5.74, 6) is -0.880. The van der Waals surface area contributed by atoms with Gasteiger partial charge in [0, 0.05) is 13.1 Å². The maximum atomic E-state index is 12.9. The first-order valence-electron chi connectivity index (χ1n) is 8.48. The second-order valence-corrected chi connectivity index (χ2v) is 9.15. The van der Waals surface area contributed by atoms with Gasteiger partial charge in [-0.25, -0.2) is 8.42 Å². The van der Waals surface area contributed by atoms with Crippen molar-refractivity contribution in [2.75, 3.05) is 18.4 Å². The zero-order valence-electron chi connectivity index (χ0n) is 14.8. The van der Waals surface area contributed by atoms with E-state index in [2.05, 4.69) is 5.32 Å². The van der Waals surface area contributed by atoms with Crippen LogP contribution in [0.2, 0.25) is 10.0 Å². The number of rotatable bonds is 4. The van der Waals surface area contributed by atoms with Crippen molar-refractivity contribution in [1.29, 1.82) is 0 Å². The fourth-order valence-electron chi connectivity index (χ4n) is 2.90. The molecule has 3 rings (SSSR count). The summed E-state index contributed by atoms with van der Waals surface area (Å²) < 4.78 is 65.4. The highest BCUT2D eigenvalue weighted by Crippen LogP contribution is 2.34. The monoisotopic (exact) mass is 466 g/mol. The Morgan fingerprint density at radius 2 is 1.62 bits per heavy atom. The van der Waals surface area contributed by atoms with Crippen molar-refractivity contribution in [2.45, 2.75) is 23.9 Å². The molecular formula is C18H15Cl2F3N2O3S. The Morgan fingerprint density at radius 1 is 1.00 bits per heavy atom. The smallest absolute Gasteiger partial charge is 0.321 e. The van der Waals surface area contributed by atoms with E-state index < -0.39 is 27.7 Å². The molecule has 1 amide bonds. The predicted octanol–water partition coefficient (Wildman–Crippen LogP) is 5.05. The summed E-state index contributed by atoms with van der Waals surface area (Å²) in [6.45, 7) is 0.763. The van der Waals surface area contributed by atoms with Gasteiger partial charge in [0.15, 0.2) is 0 Å². The Bertz CT molecular complexity index is 1050. The standard InChI is InChI=1S/C18H15Cl2F3N2O3S/c19-14-6-4-12(29(27,28)25-7-1-2-8-25)10-13(14)17(26)24-16-9-11(18(21,22)23)3-5-15(16)20/h3-6,9-10H,1-2,7-8H2,(H,24,26). The van der Waals surface area contributed by atoms with Crippen molar-refractivity contribution >= 4 is 44.8 Å². The van der Waals surface area contributed by atoms with Gasteiger partial charge in [-0.3, -0.25) is 4.79 Å². The Hall–Kier alpha value is -1.81. The summed E-state index contributed by atoms with van der Waals surface area (Å²) in [6.07, 6.45) is -3.13. The normalized spacial score (nSPS) is 15.5. The van der Waals surface area contributed by atoms with E-state index in [9.17, 15) is 26.4 Å². The maximum absolute atomic E-state index is 12.9. The SMILES string of the molecule is O=C(Nc1cc(C(F)(F)F)ccc1Cl)c1cc(S(=O)(=O)N2CCCC2)ccc1Cl. The minimum Gasteiger partial charge on any atom is -0.321 e. The van der Waals surface area contributed by atoms with Gasteiger partial charge in [-0.15, -0.1) is 0 Å². The van der Waals surface area contributed by atoms with Crippen LogP contribution in [0.1, 0.15) is 28.8 Å². The molecule has 1 saturated heterocycles. The molecule has 1 aliphatic heterocycles. The number of benzene rings is 2. The zero-order chi connectivity index (χ0) is 21.4. The second-order valence-electron chi connectivity index (χ2n) is 6.40. The first-order valence-corrected chi connectivity index (χ1v) is 10.7. The molecule has 29 heavy (non-hydrogen) atoms. The molecule has 11 heteroatoms. The van der Waals surface area contributed by atoms with Gasteiger partial charge >= 0.3 is 6.18 Å². The van der Waals surface area contributed by atoms with Crippen LogP contribution < -0.4 is 5.32 Å². The van der Waals surface area contributed by atoms with Crippen LogP contribution in [0.3, 0.4) is 0 Å². The lowest BCUT2D eigenvalue weighted by molar-refractivity contribution is -0.137. The number of amides is 1. The summed E-state index contributed by atoms with van der Waals surface area (Å²) in [5, 5.41) is 2.11. The van der Waals surface area contributed by atoms with Gasteiger partial charge in [0.25, 0.3) is 5.91 Å². The topological polar surface area (TPSA) is 66.5 Å². The summed E-state index contributed by atoms with van der Waals surface area (Å²) in [6, 6.07) is 6.13. The highest BCUT2D eigenvalue weighted by Gasteiger charge is 2.31. The number of carbonyl (C=O) groups excluding carboxylic acids is 1. The molecule has 0 aromatic heterocycles.